The van der Waals surface area contributed by atoms with Crippen molar-refractivity contribution in [3.05, 3.63) is 81.4 Å². The standard InChI is InChI=1S/C22H21ClN4O2/c23-19-7-3-1-5-16(19)14-26-21(28)18-6-2-4-8-20(18)27-17(13-24-22(26)27)15-25-9-11-29-12-10-25/h1-8,13H,9-12,14-15H2. The predicted octanol–water partition coefficient (Wildman–Crippen LogP) is 3.18. The summed E-state index contributed by atoms with van der Waals surface area (Å²) in [5.41, 5.74) is 2.78. The average molecular weight is 409 g/mol. The number of ether oxygens (including phenoxy) is 1. The highest BCUT2D eigenvalue weighted by Gasteiger charge is 2.18. The quantitative estimate of drug-likeness (QED) is 0.520. The highest BCUT2D eigenvalue weighted by molar-refractivity contribution is 6.31. The van der Waals surface area contributed by atoms with E-state index in [9.17, 15) is 4.79 Å². The first-order chi connectivity index (χ1) is 14.2. The Bertz CT molecular complexity index is 1240. The lowest BCUT2D eigenvalue weighted by molar-refractivity contribution is 0.0336. The Hall–Kier alpha value is -2.67. The number of imidazole rings is 1. The number of rotatable bonds is 4. The number of benzene rings is 2. The van der Waals surface area contributed by atoms with E-state index in [1.807, 2.05) is 54.7 Å². The summed E-state index contributed by atoms with van der Waals surface area (Å²) in [6.07, 6.45) is 1.87. The van der Waals surface area contributed by atoms with Crippen LogP contribution in [0.25, 0.3) is 16.7 Å². The predicted molar refractivity (Wildman–Crippen MR) is 114 cm³/mol. The summed E-state index contributed by atoms with van der Waals surface area (Å²) >= 11 is 6.37. The van der Waals surface area contributed by atoms with Crippen LogP contribution in [-0.2, 0) is 17.8 Å². The fourth-order valence-corrected chi connectivity index (χ4v) is 4.15. The van der Waals surface area contributed by atoms with E-state index in [2.05, 4.69) is 14.3 Å². The molecular formula is C22H21ClN4O2. The molecule has 1 saturated heterocycles. The summed E-state index contributed by atoms with van der Waals surface area (Å²) < 4.78 is 9.28. The molecular weight excluding hydrogens is 388 g/mol. The molecule has 0 bridgehead atoms. The zero-order valence-corrected chi connectivity index (χ0v) is 16.7. The van der Waals surface area contributed by atoms with Crippen LogP contribution in [-0.4, -0.2) is 45.2 Å². The van der Waals surface area contributed by atoms with Crippen LogP contribution in [0.1, 0.15) is 11.3 Å². The van der Waals surface area contributed by atoms with Gasteiger partial charge in [0.2, 0.25) is 5.78 Å². The van der Waals surface area contributed by atoms with Crippen molar-refractivity contribution in [1.82, 2.24) is 18.9 Å². The van der Waals surface area contributed by atoms with Crippen molar-refractivity contribution in [3.8, 4) is 0 Å². The van der Waals surface area contributed by atoms with Gasteiger partial charge in [0.1, 0.15) is 0 Å². The topological polar surface area (TPSA) is 51.8 Å². The number of aromatic nitrogens is 3. The highest BCUT2D eigenvalue weighted by Crippen LogP contribution is 2.21. The van der Waals surface area contributed by atoms with Crippen molar-refractivity contribution >= 4 is 28.3 Å². The summed E-state index contributed by atoms with van der Waals surface area (Å²) in [7, 11) is 0. The van der Waals surface area contributed by atoms with Gasteiger partial charge >= 0.3 is 0 Å². The molecule has 7 heteroatoms. The Morgan fingerprint density at radius 1 is 1.00 bits per heavy atom. The molecule has 29 heavy (non-hydrogen) atoms. The first-order valence-electron chi connectivity index (χ1n) is 9.74. The second kappa shape index (κ2) is 7.63. The maximum absolute atomic E-state index is 13.3. The van der Waals surface area contributed by atoms with Gasteiger partial charge in [-0.3, -0.25) is 18.7 Å². The number of hydrogen-bond acceptors (Lipinski definition) is 4. The minimum Gasteiger partial charge on any atom is -0.379 e. The van der Waals surface area contributed by atoms with Crippen LogP contribution < -0.4 is 5.56 Å². The Balaban J connectivity index is 1.69. The maximum Gasteiger partial charge on any atom is 0.263 e. The molecule has 6 nitrogen and oxygen atoms in total. The van der Waals surface area contributed by atoms with E-state index >= 15 is 0 Å². The van der Waals surface area contributed by atoms with Crippen LogP contribution in [0, 0.1) is 0 Å². The van der Waals surface area contributed by atoms with Crippen LogP contribution in [0.4, 0.5) is 0 Å². The monoisotopic (exact) mass is 408 g/mol. The van der Waals surface area contributed by atoms with Gasteiger partial charge in [0.25, 0.3) is 5.56 Å². The van der Waals surface area contributed by atoms with E-state index in [0.29, 0.717) is 22.7 Å². The molecule has 1 aliphatic rings. The minimum absolute atomic E-state index is 0.0588. The van der Waals surface area contributed by atoms with E-state index in [-0.39, 0.29) is 5.56 Å². The van der Waals surface area contributed by atoms with Gasteiger partial charge in [0, 0.05) is 24.7 Å². The van der Waals surface area contributed by atoms with Gasteiger partial charge < -0.3 is 4.74 Å². The third-order valence-electron chi connectivity index (χ3n) is 5.45. The fourth-order valence-electron chi connectivity index (χ4n) is 3.95. The van der Waals surface area contributed by atoms with Crippen molar-refractivity contribution in [2.45, 2.75) is 13.1 Å². The summed E-state index contributed by atoms with van der Waals surface area (Å²) in [5, 5.41) is 1.32. The van der Waals surface area contributed by atoms with Gasteiger partial charge in [-0.05, 0) is 23.8 Å². The second-order valence-corrected chi connectivity index (χ2v) is 7.68. The molecule has 0 radical (unpaired) electrons. The maximum atomic E-state index is 13.3. The van der Waals surface area contributed by atoms with Gasteiger partial charge in [-0.15, -0.1) is 0 Å². The molecule has 148 valence electrons. The SMILES string of the molecule is O=c1c2ccccc2n2c(CN3CCOCC3)cnc2n1Cc1ccccc1Cl. The van der Waals surface area contributed by atoms with Gasteiger partial charge in [-0.25, -0.2) is 4.98 Å². The Morgan fingerprint density at radius 2 is 1.76 bits per heavy atom. The number of nitrogens with zero attached hydrogens (tertiary/aromatic N) is 4. The van der Waals surface area contributed by atoms with Crippen molar-refractivity contribution in [2.75, 3.05) is 26.3 Å². The third kappa shape index (κ3) is 3.33. The molecule has 1 fully saturated rings. The van der Waals surface area contributed by atoms with Crippen molar-refractivity contribution in [3.63, 3.8) is 0 Å². The summed E-state index contributed by atoms with van der Waals surface area (Å²) in [6, 6.07) is 15.3. The van der Waals surface area contributed by atoms with E-state index in [1.165, 1.54) is 0 Å². The first-order valence-corrected chi connectivity index (χ1v) is 10.1. The van der Waals surface area contributed by atoms with Crippen LogP contribution in [0.5, 0.6) is 0 Å². The largest absolute Gasteiger partial charge is 0.379 e. The highest BCUT2D eigenvalue weighted by atomic mass is 35.5. The molecule has 0 saturated carbocycles. The Morgan fingerprint density at radius 3 is 2.59 bits per heavy atom. The number of halogens is 1. The zero-order valence-electron chi connectivity index (χ0n) is 15.9. The van der Waals surface area contributed by atoms with Crippen molar-refractivity contribution < 1.29 is 4.74 Å². The number of hydrogen-bond donors (Lipinski definition) is 0. The molecule has 0 atom stereocenters. The molecule has 0 aliphatic carbocycles. The molecule has 0 amide bonds. The molecule has 2 aromatic carbocycles. The molecule has 0 N–H and O–H groups in total. The number of morpholine rings is 1. The number of fused-ring (bicyclic) bond motifs is 3. The molecule has 5 rings (SSSR count). The van der Waals surface area contributed by atoms with Crippen molar-refractivity contribution in [1.29, 1.82) is 0 Å². The molecule has 3 heterocycles. The molecule has 4 aromatic rings. The Kier molecular flexibility index (Phi) is 4.83. The van der Waals surface area contributed by atoms with Gasteiger partial charge in [-0.1, -0.05) is 41.9 Å². The summed E-state index contributed by atoms with van der Waals surface area (Å²) in [4.78, 5) is 20.3. The molecule has 0 spiro atoms. The lowest BCUT2D eigenvalue weighted by atomic mass is 10.2. The average Bonchev–Trinajstić information content (AvgIpc) is 3.17. The lowest BCUT2D eigenvalue weighted by Gasteiger charge is -2.26. The van der Waals surface area contributed by atoms with E-state index < -0.39 is 0 Å². The van der Waals surface area contributed by atoms with Crippen molar-refractivity contribution in [2.24, 2.45) is 0 Å². The van der Waals surface area contributed by atoms with Crippen LogP contribution in [0.3, 0.4) is 0 Å². The normalized spacial score (nSPS) is 15.3. The van der Waals surface area contributed by atoms with E-state index in [1.54, 1.807) is 4.57 Å². The van der Waals surface area contributed by atoms with Crippen LogP contribution in [0.2, 0.25) is 5.02 Å². The first kappa shape index (κ1) is 18.4. The minimum atomic E-state index is -0.0588. The second-order valence-electron chi connectivity index (χ2n) is 7.27. The van der Waals surface area contributed by atoms with E-state index in [0.717, 1.165) is 49.6 Å². The molecule has 0 unspecified atom stereocenters. The van der Waals surface area contributed by atoms with E-state index in [4.69, 9.17) is 16.3 Å². The van der Waals surface area contributed by atoms with Crippen LogP contribution in [0.15, 0.2) is 59.5 Å². The van der Waals surface area contributed by atoms with Gasteiger partial charge in [-0.2, -0.15) is 0 Å². The lowest BCUT2D eigenvalue weighted by Crippen LogP contribution is -2.36. The fraction of sp³-hybridized carbons (Fsp3) is 0.273. The molecule has 2 aromatic heterocycles. The third-order valence-corrected chi connectivity index (χ3v) is 5.82. The number of para-hydroxylation sites is 1. The van der Waals surface area contributed by atoms with Gasteiger partial charge in [0.15, 0.2) is 0 Å². The Labute approximate surface area is 172 Å². The van der Waals surface area contributed by atoms with Crippen LogP contribution >= 0.6 is 11.6 Å². The smallest absolute Gasteiger partial charge is 0.263 e. The summed E-state index contributed by atoms with van der Waals surface area (Å²) in [6.45, 7) is 4.41. The van der Waals surface area contributed by atoms with Gasteiger partial charge in [0.05, 0.1) is 42.6 Å². The zero-order chi connectivity index (χ0) is 19.8. The molecule has 1 aliphatic heterocycles. The summed E-state index contributed by atoms with van der Waals surface area (Å²) in [5.74, 6) is 0.636.